The van der Waals surface area contributed by atoms with Gasteiger partial charge in [-0.25, -0.2) is 9.97 Å². The van der Waals surface area contributed by atoms with Crippen LogP contribution in [0.15, 0.2) is 36.7 Å². The number of alkyl halides is 3. The van der Waals surface area contributed by atoms with Crippen molar-refractivity contribution < 1.29 is 27.2 Å². The average Bonchev–Trinajstić information content (AvgIpc) is 2.95. The maximum Gasteiger partial charge on any atom is 0.498 e. The molecule has 3 heterocycles. The Morgan fingerprint density at radius 2 is 1.56 bits per heavy atom. The molecule has 4 rings (SSSR count). The van der Waals surface area contributed by atoms with Crippen LogP contribution in [0.1, 0.15) is 46.1 Å². The molecule has 0 N–H and O–H groups in total. The number of para-hydroxylation sites is 1. The van der Waals surface area contributed by atoms with Crippen molar-refractivity contribution in [3.63, 3.8) is 0 Å². The summed E-state index contributed by atoms with van der Waals surface area (Å²) in [6, 6.07) is 5.32. The van der Waals surface area contributed by atoms with Gasteiger partial charge in [-0.05, 0) is 39.8 Å². The number of aromatic nitrogens is 2. The molecule has 0 bridgehead atoms. The number of piperidine rings is 1. The van der Waals surface area contributed by atoms with E-state index in [0.717, 1.165) is 11.5 Å². The van der Waals surface area contributed by atoms with Gasteiger partial charge in [0.15, 0.2) is 0 Å². The standard InChI is InChI=1S/C22H27BF3N3O3/c1-20(2)21(3,4)32-23(31-20)15-13-27-19(28-14-15)29-11-9-16(10-12-29)30-18-8-6-5-7-17(18)22(24,25)26/h5-8,13-14,16H,9-12H2,1-4H3. The van der Waals surface area contributed by atoms with Crippen molar-refractivity contribution in [1.29, 1.82) is 0 Å². The Bertz CT molecular complexity index is 929. The third kappa shape index (κ3) is 4.57. The van der Waals surface area contributed by atoms with Crippen LogP contribution in [-0.2, 0) is 15.5 Å². The normalized spacial score (nSPS) is 21.1. The molecule has 0 amide bonds. The van der Waals surface area contributed by atoms with Gasteiger partial charge in [-0.3, -0.25) is 0 Å². The van der Waals surface area contributed by atoms with Crippen molar-refractivity contribution in [2.45, 2.75) is 64.0 Å². The van der Waals surface area contributed by atoms with Crippen molar-refractivity contribution in [3.05, 3.63) is 42.2 Å². The van der Waals surface area contributed by atoms with E-state index in [1.807, 2.05) is 32.6 Å². The number of anilines is 1. The van der Waals surface area contributed by atoms with Crippen LogP contribution in [0.25, 0.3) is 0 Å². The quantitative estimate of drug-likeness (QED) is 0.662. The van der Waals surface area contributed by atoms with Crippen molar-refractivity contribution in [1.82, 2.24) is 9.97 Å². The van der Waals surface area contributed by atoms with Crippen LogP contribution < -0.4 is 15.1 Å². The van der Waals surface area contributed by atoms with Crippen LogP contribution >= 0.6 is 0 Å². The van der Waals surface area contributed by atoms with Crippen molar-refractivity contribution in [2.24, 2.45) is 0 Å². The summed E-state index contributed by atoms with van der Waals surface area (Å²) in [7, 11) is -0.526. The molecule has 0 radical (unpaired) electrons. The molecule has 2 aliphatic heterocycles. The largest absolute Gasteiger partial charge is 0.498 e. The Hall–Kier alpha value is -2.33. The molecule has 2 saturated heterocycles. The number of hydrogen-bond acceptors (Lipinski definition) is 6. The van der Waals surface area contributed by atoms with Gasteiger partial charge in [0.2, 0.25) is 5.95 Å². The number of halogens is 3. The minimum absolute atomic E-state index is 0.124. The topological polar surface area (TPSA) is 56.7 Å². The number of rotatable bonds is 4. The molecule has 1 aromatic heterocycles. The van der Waals surface area contributed by atoms with E-state index in [0.29, 0.717) is 31.9 Å². The minimum Gasteiger partial charge on any atom is -0.490 e. The molecular weight excluding hydrogens is 422 g/mol. The van der Waals surface area contributed by atoms with Crippen molar-refractivity contribution in [3.8, 4) is 5.75 Å². The van der Waals surface area contributed by atoms with Gasteiger partial charge in [0.25, 0.3) is 0 Å². The summed E-state index contributed by atoms with van der Waals surface area (Å²) in [6.45, 7) is 9.13. The first-order chi connectivity index (χ1) is 15.0. The Morgan fingerprint density at radius 3 is 2.12 bits per heavy atom. The highest BCUT2D eigenvalue weighted by atomic mass is 19.4. The molecule has 172 valence electrons. The van der Waals surface area contributed by atoms with Gasteiger partial charge in [0, 0.05) is 43.8 Å². The summed E-state index contributed by atoms with van der Waals surface area (Å²) >= 11 is 0. The Labute approximate surface area is 186 Å². The van der Waals surface area contributed by atoms with Gasteiger partial charge < -0.3 is 18.9 Å². The maximum atomic E-state index is 13.2. The number of hydrogen-bond donors (Lipinski definition) is 0. The summed E-state index contributed by atoms with van der Waals surface area (Å²) in [4.78, 5) is 10.9. The fourth-order valence-corrected chi connectivity index (χ4v) is 3.75. The van der Waals surface area contributed by atoms with E-state index in [4.69, 9.17) is 14.0 Å². The third-order valence-corrected chi connectivity index (χ3v) is 6.39. The lowest BCUT2D eigenvalue weighted by Crippen LogP contribution is -2.41. The third-order valence-electron chi connectivity index (χ3n) is 6.39. The van der Waals surface area contributed by atoms with Crippen molar-refractivity contribution >= 4 is 18.5 Å². The zero-order chi connectivity index (χ0) is 23.1. The zero-order valence-corrected chi connectivity index (χ0v) is 18.6. The van der Waals surface area contributed by atoms with E-state index in [2.05, 4.69) is 9.97 Å². The lowest BCUT2D eigenvalue weighted by atomic mass is 9.81. The minimum atomic E-state index is -4.44. The molecule has 1 aromatic carbocycles. The Morgan fingerprint density at radius 1 is 1.00 bits per heavy atom. The summed E-state index contributed by atoms with van der Waals surface area (Å²) in [5.74, 6) is 0.445. The number of nitrogens with zero attached hydrogens (tertiary/aromatic N) is 3. The van der Waals surface area contributed by atoms with Gasteiger partial charge >= 0.3 is 13.3 Å². The van der Waals surface area contributed by atoms with E-state index >= 15 is 0 Å². The molecule has 10 heteroatoms. The highest BCUT2D eigenvalue weighted by molar-refractivity contribution is 6.61. The number of ether oxygens (including phenoxy) is 1. The van der Waals surface area contributed by atoms with Gasteiger partial charge in [-0.1, -0.05) is 12.1 Å². The summed E-state index contributed by atoms with van der Waals surface area (Å²) in [6.07, 6.45) is -0.175. The predicted molar refractivity (Wildman–Crippen MR) is 115 cm³/mol. The van der Waals surface area contributed by atoms with E-state index in [-0.39, 0.29) is 11.9 Å². The molecule has 2 aromatic rings. The van der Waals surface area contributed by atoms with Crippen molar-refractivity contribution in [2.75, 3.05) is 18.0 Å². The van der Waals surface area contributed by atoms with Gasteiger partial charge in [0.1, 0.15) is 11.9 Å². The first-order valence-corrected chi connectivity index (χ1v) is 10.7. The van der Waals surface area contributed by atoms with Crippen LogP contribution in [-0.4, -0.2) is 47.5 Å². The molecule has 0 spiro atoms. The molecule has 0 atom stereocenters. The Kier molecular flexibility index (Phi) is 5.87. The maximum absolute atomic E-state index is 13.2. The second-order valence-electron chi connectivity index (χ2n) is 9.20. The molecule has 2 fully saturated rings. The van der Waals surface area contributed by atoms with Gasteiger partial charge in [-0.2, -0.15) is 13.2 Å². The first kappa shape index (κ1) is 22.9. The fourth-order valence-electron chi connectivity index (χ4n) is 3.75. The second-order valence-corrected chi connectivity index (χ2v) is 9.20. The molecule has 0 aliphatic carbocycles. The number of benzene rings is 1. The average molecular weight is 449 g/mol. The zero-order valence-electron chi connectivity index (χ0n) is 18.6. The summed E-state index contributed by atoms with van der Waals surface area (Å²) in [5.41, 5.74) is -0.884. The highest BCUT2D eigenvalue weighted by Crippen LogP contribution is 2.38. The SMILES string of the molecule is CC1(C)OB(c2cnc(N3CCC(Oc4ccccc4C(F)(F)F)CC3)nc2)OC1(C)C. The van der Waals surface area contributed by atoms with Crippen LogP contribution in [0, 0.1) is 0 Å². The first-order valence-electron chi connectivity index (χ1n) is 10.7. The van der Waals surface area contributed by atoms with Crippen LogP contribution in [0.5, 0.6) is 5.75 Å². The molecular formula is C22H27BF3N3O3. The van der Waals surface area contributed by atoms with E-state index in [9.17, 15) is 13.2 Å². The highest BCUT2D eigenvalue weighted by Gasteiger charge is 2.52. The smallest absolute Gasteiger partial charge is 0.490 e. The monoisotopic (exact) mass is 449 g/mol. The molecule has 32 heavy (non-hydrogen) atoms. The lowest BCUT2D eigenvalue weighted by molar-refractivity contribution is -0.139. The van der Waals surface area contributed by atoms with E-state index < -0.39 is 30.1 Å². The Balaban J connectivity index is 1.36. The van der Waals surface area contributed by atoms with E-state index in [1.54, 1.807) is 18.5 Å². The van der Waals surface area contributed by atoms with Crippen LogP contribution in [0.3, 0.4) is 0 Å². The molecule has 6 nitrogen and oxygen atoms in total. The fraction of sp³-hybridized carbons (Fsp3) is 0.545. The van der Waals surface area contributed by atoms with Gasteiger partial charge in [0.05, 0.1) is 16.8 Å². The predicted octanol–water partition coefficient (Wildman–Crippen LogP) is 3.84. The van der Waals surface area contributed by atoms with Crippen LogP contribution in [0.4, 0.5) is 19.1 Å². The summed E-state index contributed by atoms with van der Waals surface area (Å²) in [5, 5.41) is 0. The summed E-state index contributed by atoms with van der Waals surface area (Å²) < 4.78 is 57.3. The molecule has 0 unspecified atom stereocenters. The van der Waals surface area contributed by atoms with E-state index in [1.165, 1.54) is 12.1 Å². The second kappa shape index (κ2) is 8.22. The molecule has 2 aliphatic rings. The molecule has 0 saturated carbocycles. The van der Waals surface area contributed by atoms with Crippen LogP contribution in [0.2, 0.25) is 0 Å². The lowest BCUT2D eigenvalue weighted by Gasteiger charge is -2.32. The van der Waals surface area contributed by atoms with Gasteiger partial charge in [-0.15, -0.1) is 0 Å².